The highest BCUT2D eigenvalue weighted by molar-refractivity contribution is 5.99. The Hall–Kier alpha value is -1.55. The van der Waals surface area contributed by atoms with Crippen LogP contribution in [0.15, 0.2) is 18.2 Å². The van der Waals surface area contributed by atoms with E-state index in [1.54, 1.807) is 19.2 Å². The molecule has 1 aromatic carbocycles. The zero-order chi connectivity index (χ0) is 12.0. The molecule has 0 saturated carbocycles. The molecule has 3 N–H and O–H groups in total. The van der Waals surface area contributed by atoms with Crippen LogP contribution < -0.4 is 11.1 Å². The fraction of sp³-hybridized carbons (Fsp3) is 0.417. The van der Waals surface area contributed by atoms with E-state index in [2.05, 4.69) is 5.32 Å². The molecule has 0 aliphatic rings. The lowest BCUT2D eigenvalue weighted by atomic mass is 10.1. The lowest BCUT2D eigenvalue weighted by Gasteiger charge is -2.08. The van der Waals surface area contributed by atoms with Crippen LogP contribution in [-0.4, -0.2) is 26.2 Å². The standard InChI is InChI=1S/C12H18N2O2/c1-9-4-5-11(13)10(8-9)12(15)14-6-3-7-16-2/h4-5,8H,3,6-7,13H2,1-2H3,(H,14,15). The van der Waals surface area contributed by atoms with Crippen molar-refractivity contribution in [1.82, 2.24) is 5.32 Å². The van der Waals surface area contributed by atoms with Gasteiger partial charge in [-0.1, -0.05) is 11.6 Å². The molecule has 0 fully saturated rings. The van der Waals surface area contributed by atoms with Crippen LogP contribution >= 0.6 is 0 Å². The van der Waals surface area contributed by atoms with Crippen molar-refractivity contribution in [3.05, 3.63) is 29.3 Å². The molecule has 0 spiro atoms. The van der Waals surface area contributed by atoms with Crippen molar-refractivity contribution in [1.29, 1.82) is 0 Å². The Morgan fingerprint density at radius 2 is 2.25 bits per heavy atom. The molecule has 1 aromatic rings. The summed E-state index contributed by atoms with van der Waals surface area (Å²) in [6, 6.07) is 5.43. The predicted molar refractivity (Wildman–Crippen MR) is 64.4 cm³/mol. The van der Waals surface area contributed by atoms with Gasteiger partial charge in [0, 0.05) is 25.9 Å². The van der Waals surface area contributed by atoms with Crippen molar-refractivity contribution in [2.75, 3.05) is 26.0 Å². The Morgan fingerprint density at radius 3 is 2.94 bits per heavy atom. The van der Waals surface area contributed by atoms with Gasteiger partial charge in [-0.05, 0) is 25.5 Å². The topological polar surface area (TPSA) is 64.3 Å². The summed E-state index contributed by atoms with van der Waals surface area (Å²) in [6.07, 6.45) is 0.800. The molecule has 4 nitrogen and oxygen atoms in total. The molecule has 0 atom stereocenters. The lowest BCUT2D eigenvalue weighted by molar-refractivity contribution is 0.0949. The number of carbonyl (C=O) groups is 1. The van der Waals surface area contributed by atoms with Crippen LogP contribution in [0.4, 0.5) is 5.69 Å². The van der Waals surface area contributed by atoms with Crippen LogP contribution in [-0.2, 0) is 4.74 Å². The van der Waals surface area contributed by atoms with Gasteiger partial charge in [-0.25, -0.2) is 0 Å². The first kappa shape index (κ1) is 12.5. The molecule has 88 valence electrons. The zero-order valence-corrected chi connectivity index (χ0v) is 9.75. The van der Waals surface area contributed by atoms with Crippen LogP contribution in [0.5, 0.6) is 0 Å². The Balaban J connectivity index is 2.55. The van der Waals surface area contributed by atoms with E-state index in [0.29, 0.717) is 24.4 Å². The predicted octanol–water partition coefficient (Wildman–Crippen LogP) is 1.34. The maximum Gasteiger partial charge on any atom is 0.253 e. The average Bonchev–Trinajstić information content (AvgIpc) is 2.27. The molecule has 16 heavy (non-hydrogen) atoms. The summed E-state index contributed by atoms with van der Waals surface area (Å²) in [7, 11) is 1.64. The third kappa shape index (κ3) is 3.55. The van der Waals surface area contributed by atoms with E-state index in [0.717, 1.165) is 12.0 Å². The first-order valence-corrected chi connectivity index (χ1v) is 5.28. The van der Waals surface area contributed by atoms with Crippen LogP contribution in [0.1, 0.15) is 22.3 Å². The summed E-state index contributed by atoms with van der Waals surface area (Å²) in [5, 5.41) is 2.80. The molecule has 1 amide bonds. The molecular formula is C12H18N2O2. The second-order valence-corrected chi connectivity index (χ2v) is 3.69. The number of amides is 1. The van der Waals surface area contributed by atoms with Crippen molar-refractivity contribution in [2.45, 2.75) is 13.3 Å². The van der Waals surface area contributed by atoms with Crippen molar-refractivity contribution in [2.24, 2.45) is 0 Å². The van der Waals surface area contributed by atoms with E-state index in [-0.39, 0.29) is 5.91 Å². The van der Waals surface area contributed by atoms with Crippen LogP contribution in [0.3, 0.4) is 0 Å². The third-order valence-corrected chi connectivity index (χ3v) is 2.26. The van der Waals surface area contributed by atoms with E-state index in [1.165, 1.54) is 0 Å². The van der Waals surface area contributed by atoms with Crippen molar-refractivity contribution >= 4 is 11.6 Å². The van der Waals surface area contributed by atoms with Gasteiger partial charge < -0.3 is 15.8 Å². The minimum absolute atomic E-state index is 0.127. The largest absolute Gasteiger partial charge is 0.398 e. The van der Waals surface area contributed by atoms with Gasteiger partial charge in [0.2, 0.25) is 0 Å². The fourth-order valence-corrected chi connectivity index (χ4v) is 1.38. The van der Waals surface area contributed by atoms with Gasteiger partial charge in [0.05, 0.1) is 5.56 Å². The average molecular weight is 222 g/mol. The van der Waals surface area contributed by atoms with Gasteiger partial charge in [0.25, 0.3) is 5.91 Å². The highest BCUT2D eigenvalue weighted by atomic mass is 16.5. The number of nitrogens with two attached hydrogens (primary N) is 1. The van der Waals surface area contributed by atoms with E-state index >= 15 is 0 Å². The molecule has 4 heteroatoms. The smallest absolute Gasteiger partial charge is 0.253 e. The maximum absolute atomic E-state index is 11.7. The Labute approximate surface area is 95.8 Å². The van der Waals surface area contributed by atoms with Crippen molar-refractivity contribution < 1.29 is 9.53 Å². The first-order valence-electron chi connectivity index (χ1n) is 5.28. The highest BCUT2D eigenvalue weighted by Crippen LogP contribution is 2.13. The lowest BCUT2D eigenvalue weighted by Crippen LogP contribution is -2.26. The molecule has 0 aliphatic heterocycles. The summed E-state index contributed by atoms with van der Waals surface area (Å²) in [6.45, 7) is 3.17. The number of anilines is 1. The number of nitrogens with one attached hydrogen (secondary N) is 1. The number of ether oxygens (including phenoxy) is 1. The summed E-state index contributed by atoms with van der Waals surface area (Å²) >= 11 is 0. The second-order valence-electron chi connectivity index (χ2n) is 3.69. The number of rotatable bonds is 5. The van der Waals surface area contributed by atoms with Crippen molar-refractivity contribution in [3.8, 4) is 0 Å². The van der Waals surface area contributed by atoms with Crippen LogP contribution in [0.25, 0.3) is 0 Å². The molecule has 1 rings (SSSR count). The summed E-state index contributed by atoms with van der Waals surface area (Å²) in [4.78, 5) is 11.7. The number of nitrogen functional groups attached to an aromatic ring is 1. The highest BCUT2D eigenvalue weighted by Gasteiger charge is 2.08. The Bertz CT molecular complexity index is 364. The van der Waals surface area contributed by atoms with Crippen LogP contribution in [0, 0.1) is 6.92 Å². The van der Waals surface area contributed by atoms with Gasteiger partial charge >= 0.3 is 0 Å². The van der Waals surface area contributed by atoms with Gasteiger partial charge in [0.15, 0.2) is 0 Å². The SMILES string of the molecule is COCCCNC(=O)c1cc(C)ccc1N. The Morgan fingerprint density at radius 1 is 1.50 bits per heavy atom. The maximum atomic E-state index is 11.7. The molecule has 0 aromatic heterocycles. The molecule has 0 bridgehead atoms. The van der Waals surface area contributed by atoms with E-state index in [9.17, 15) is 4.79 Å². The first-order chi connectivity index (χ1) is 7.65. The number of benzene rings is 1. The summed E-state index contributed by atoms with van der Waals surface area (Å²) in [5.74, 6) is -0.127. The monoisotopic (exact) mass is 222 g/mol. The quantitative estimate of drug-likeness (QED) is 0.583. The Kier molecular flexibility index (Phi) is 4.79. The number of aryl methyl sites for hydroxylation is 1. The normalized spacial score (nSPS) is 10.1. The van der Waals surface area contributed by atoms with Crippen LogP contribution in [0.2, 0.25) is 0 Å². The molecule has 0 radical (unpaired) electrons. The minimum Gasteiger partial charge on any atom is -0.398 e. The molecule has 0 aliphatic carbocycles. The molecular weight excluding hydrogens is 204 g/mol. The zero-order valence-electron chi connectivity index (χ0n) is 9.75. The van der Waals surface area contributed by atoms with E-state index in [1.807, 2.05) is 13.0 Å². The second kappa shape index (κ2) is 6.12. The number of methoxy groups -OCH3 is 1. The van der Waals surface area contributed by atoms with E-state index in [4.69, 9.17) is 10.5 Å². The van der Waals surface area contributed by atoms with Gasteiger partial charge in [0.1, 0.15) is 0 Å². The number of hydrogen-bond donors (Lipinski definition) is 2. The summed E-state index contributed by atoms with van der Waals surface area (Å²) < 4.78 is 4.90. The molecule has 0 heterocycles. The number of carbonyl (C=O) groups excluding carboxylic acids is 1. The van der Waals surface area contributed by atoms with E-state index < -0.39 is 0 Å². The molecule has 0 unspecified atom stereocenters. The van der Waals surface area contributed by atoms with Gasteiger partial charge in [-0.2, -0.15) is 0 Å². The van der Waals surface area contributed by atoms with Crippen molar-refractivity contribution in [3.63, 3.8) is 0 Å². The molecule has 0 saturated heterocycles. The fourth-order valence-electron chi connectivity index (χ4n) is 1.38. The summed E-state index contributed by atoms with van der Waals surface area (Å²) in [5.41, 5.74) is 7.81. The minimum atomic E-state index is -0.127. The van der Waals surface area contributed by atoms with Gasteiger partial charge in [-0.15, -0.1) is 0 Å². The third-order valence-electron chi connectivity index (χ3n) is 2.26. The number of hydrogen-bond acceptors (Lipinski definition) is 3. The van der Waals surface area contributed by atoms with Gasteiger partial charge in [-0.3, -0.25) is 4.79 Å².